The molecule has 98 valence electrons. The number of nitrogen functional groups attached to an aromatic ring is 1. The second-order valence-corrected chi connectivity index (χ2v) is 4.55. The third-order valence-corrected chi connectivity index (χ3v) is 2.90. The normalized spacial score (nSPS) is 10.2. The van der Waals surface area contributed by atoms with E-state index in [0.29, 0.717) is 11.4 Å². The molecule has 0 unspecified atom stereocenters. The lowest BCUT2D eigenvalue weighted by atomic mass is 10.1. The van der Waals surface area contributed by atoms with Gasteiger partial charge in [-0.15, -0.1) is 0 Å². The third kappa shape index (κ3) is 2.85. The molecular formula is C15H16N2O2. The van der Waals surface area contributed by atoms with Crippen molar-refractivity contribution in [2.75, 3.05) is 11.1 Å². The van der Waals surface area contributed by atoms with E-state index in [9.17, 15) is 9.90 Å². The number of nitrogens with one attached hydrogen (secondary N) is 1. The van der Waals surface area contributed by atoms with Crippen LogP contribution < -0.4 is 11.1 Å². The van der Waals surface area contributed by atoms with Crippen molar-refractivity contribution in [3.05, 3.63) is 53.1 Å². The number of aryl methyl sites for hydroxylation is 2. The summed E-state index contributed by atoms with van der Waals surface area (Å²) in [6.07, 6.45) is 0. The average molecular weight is 256 g/mol. The maximum Gasteiger partial charge on any atom is 0.259 e. The van der Waals surface area contributed by atoms with Gasteiger partial charge in [0.05, 0.1) is 5.56 Å². The van der Waals surface area contributed by atoms with Crippen LogP contribution in [0.4, 0.5) is 11.4 Å². The number of nitrogens with two attached hydrogens (primary N) is 1. The summed E-state index contributed by atoms with van der Waals surface area (Å²) in [5.74, 6) is -0.365. The first-order chi connectivity index (χ1) is 8.97. The van der Waals surface area contributed by atoms with Crippen molar-refractivity contribution in [2.24, 2.45) is 0 Å². The summed E-state index contributed by atoms with van der Waals surface area (Å²) in [6, 6.07) is 10.2. The molecule has 0 saturated carbocycles. The molecule has 2 rings (SSSR count). The zero-order valence-corrected chi connectivity index (χ0v) is 10.9. The number of phenols is 1. The Balaban J connectivity index is 2.25. The standard InChI is InChI=1S/C15H16N2O2/c1-9-3-5-12(14(18)7-9)15(19)17-13-6-4-11(16)8-10(13)2/h3-8,18H,16H2,1-2H3,(H,17,19). The molecule has 0 aromatic heterocycles. The number of hydrogen-bond donors (Lipinski definition) is 3. The van der Waals surface area contributed by atoms with Crippen LogP contribution in [0.3, 0.4) is 0 Å². The smallest absolute Gasteiger partial charge is 0.259 e. The average Bonchev–Trinajstić information content (AvgIpc) is 2.32. The lowest BCUT2D eigenvalue weighted by Gasteiger charge is -2.10. The van der Waals surface area contributed by atoms with E-state index in [4.69, 9.17) is 5.73 Å². The van der Waals surface area contributed by atoms with E-state index in [1.54, 1.807) is 36.4 Å². The molecule has 0 radical (unpaired) electrons. The summed E-state index contributed by atoms with van der Waals surface area (Å²) in [5.41, 5.74) is 9.01. The van der Waals surface area contributed by atoms with Crippen molar-refractivity contribution in [3.8, 4) is 5.75 Å². The highest BCUT2D eigenvalue weighted by atomic mass is 16.3. The van der Waals surface area contributed by atoms with Gasteiger partial charge in [-0.2, -0.15) is 0 Å². The van der Waals surface area contributed by atoms with E-state index in [0.717, 1.165) is 11.1 Å². The van der Waals surface area contributed by atoms with Crippen molar-refractivity contribution in [3.63, 3.8) is 0 Å². The van der Waals surface area contributed by atoms with Crippen LogP contribution in [-0.2, 0) is 0 Å². The molecule has 0 fully saturated rings. The maximum atomic E-state index is 12.1. The van der Waals surface area contributed by atoms with Gasteiger partial charge in [0.1, 0.15) is 5.75 Å². The van der Waals surface area contributed by atoms with E-state index in [2.05, 4.69) is 5.32 Å². The first kappa shape index (κ1) is 13.0. The highest BCUT2D eigenvalue weighted by molar-refractivity contribution is 6.06. The monoisotopic (exact) mass is 256 g/mol. The van der Waals surface area contributed by atoms with E-state index >= 15 is 0 Å². The van der Waals surface area contributed by atoms with Crippen LogP contribution in [0.5, 0.6) is 5.75 Å². The van der Waals surface area contributed by atoms with Gasteiger partial charge in [-0.1, -0.05) is 6.07 Å². The van der Waals surface area contributed by atoms with Crippen LogP contribution in [-0.4, -0.2) is 11.0 Å². The van der Waals surface area contributed by atoms with Crippen molar-refractivity contribution in [2.45, 2.75) is 13.8 Å². The summed E-state index contributed by atoms with van der Waals surface area (Å²) in [4.78, 5) is 12.1. The van der Waals surface area contributed by atoms with Gasteiger partial charge in [0.2, 0.25) is 0 Å². The second-order valence-electron chi connectivity index (χ2n) is 4.55. The molecule has 4 N–H and O–H groups in total. The Labute approximate surface area is 111 Å². The molecule has 2 aromatic carbocycles. The molecule has 0 heterocycles. The Kier molecular flexibility index (Phi) is 3.42. The molecule has 0 spiro atoms. The van der Waals surface area contributed by atoms with Crippen LogP contribution in [0.1, 0.15) is 21.5 Å². The topological polar surface area (TPSA) is 75.4 Å². The minimum absolute atomic E-state index is 0.0226. The molecule has 1 amide bonds. The van der Waals surface area contributed by atoms with E-state index in [1.165, 1.54) is 0 Å². The molecule has 0 atom stereocenters. The molecule has 0 bridgehead atoms. The molecular weight excluding hydrogens is 240 g/mol. The van der Waals surface area contributed by atoms with Gasteiger partial charge in [-0.25, -0.2) is 0 Å². The fourth-order valence-electron chi connectivity index (χ4n) is 1.85. The first-order valence-electron chi connectivity index (χ1n) is 5.94. The van der Waals surface area contributed by atoms with Gasteiger partial charge in [-0.05, 0) is 55.3 Å². The molecule has 19 heavy (non-hydrogen) atoms. The van der Waals surface area contributed by atoms with Crippen LogP contribution in [0, 0.1) is 13.8 Å². The SMILES string of the molecule is Cc1ccc(C(=O)Nc2ccc(N)cc2C)c(O)c1. The zero-order chi connectivity index (χ0) is 14.0. The number of rotatable bonds is 2. The molecule has 0 aliphatic heterocycles. The van der Waals surface area contributed by atoms with Gasteiger partial charge in [0, 0.05) is 11.4 Å². The zero-order valence-electron chi connectivity index (χ0n) is 10.9. The summed E-state index contributed by atoms with van der Waals surface area (Å²) in [7, 11) is 0. The van der Waals surface area contributed by atoms with Crippen LogP contribution in [0.15, 0.2) is 36.4 Å². The largest absolute Gasteiger partial charge is 0.507 e. The highest BCUT2D eigenvalue weighted by Crippen LogP contribution is 2.22. The highest BCUT2D eigenvalue weighted by Gasteiger charge is 2.12. The predicted molar refractivity (Wildman–Crippen MR) is 76.4 cm³/mol. The number of carbonyl (C=O) groups is 1. The molecule has 0 aliphatic carbocycles. The first-order valence-corrected chi connectivity index (χ1v) is 5.94. The Morgan fingerprint density at radius 1 is 1.16 bits per heavy atom. The number of aromatic hydroxyl groups is 1. The third-order valence-electron chi connectivity index (χ3n) is 2.90. The maximum absolute atomic E-state index is 12.1. The fourth-order valence-corrected chi connectivity index (χ4v) is 1.85. The lowest BCUT2D eigenvalue weighted by Crippen LogP contribution is -2.13. The van der Waals surface area contributed by atoms with Gasteiger partial charge in [0.15, 0.2) is 0 Å². The Morgan fingerprint density at radius 3 is 2.53 bits per heavy atom. The summed E-state index contributed by atoms with van der Waals surface area (Å²) < 4.78 is 0. The van der Waals surface area contributed by atoms with Crippen LogP contribution in [0.25, 0.3) is 0 Å². The minimum atomic E-state index is -0.342. The molecule has 4 nitrogen and oxygen atoms in total. The van der Waals surface area contributed by atoms with Gasteiger partial charge < -0.3 is 16.2 Å². The summed E-state index contributed by atoms with van der Waals surface area (Å²) in [6.45, 7) is 3.71. The van der Waals surface area contributed by atoms with Crippen molar-refractivity contribution >= 4 is 17.3 Å². The van der Waals surface area contributed by atoms with Gasteiger partial charge >= 0.3 is 0 Å². The van der Waals surface area contributed by atoms with E-state index < -0.39 is 0 Å². The number of benzene rings is 2. The number of hydrogen-bond acceptors (Lipinski definition) is 3. The van der Waals surface area contributed by atoms with Gasteiger partial charge in [-0.3, -0.25) is 4.79 Å². The van der Waals surface area contributed by atoms with Crippen molar-refractivity contribution < 1.29 is 9.90 Å². The number of phenolic OH excluding ortho intramolecular Hbond substituents is 1. The summed E-state index contributed by atoms with van der Waals surface area (Å²) in [5, 5.41) is 12.5. The second kappa shape index (κ2) is 5.02. The van der Waals surface area contributed by atoms with Crippen LogP contribution in [0.2, 0.25) is 0 Å². The number of carbonyl (C=O) groups excluding carboxylic acids is 1. The van der Waals surface area contributed by atoms with Crippen LogP contribution >= 0.6 is 0 Å². The predicted octanol–water partition coefficient (Wildman–Crippen LogP) is 2.84. The van der Waals surface area contributed by atoms with Gasteiger partial charge in [0.25, 0.3) is 5.91 Å². The van der Waals surface area contributed by atoms with E-state index in [-0.39, 0.29) is 17.2 Å². The van der Waals surface area contributed by atoms with E-state index in [1.807, 2.05) is 13.8 Å². The molecule has 2 aromatic rings. The Morgan fingerprint density at radius 2 is 1.89 bits per heavy atom. The quantitative estimate of drug-likeness (QED) is 0.723. The Hall–Kier alpha value is -2.49. The van der Waals surface area contributed by atoms with Crippen molar-refractivity contribution in [1.82, 2.24) is 0 Å². The minimum Gasteiger partial charge on any atom is -0.507 e. The number of anilines is 2. The Bertz CT molecular complexity index is 636. The summed E-state index contributed by atoms with van der Waals surface area (Å²) >= 11 is 0. The molecule has 4 heteroatoms. The van der Waals surface area contributed by atoms with Crippen molar-refractivity contribution in [1.29, 1.82) is 0 Å². The molecule has 0 aliphatic rings. The number of amides is 1. The fraction of sp³-hybridized carbons (Fsp3) is 0.133. The molecule has 0 saturated heterocycles. The lowest BCUT2D eigenvalue weighted by molar-refractivity contribution is 0.102.